The highest BCUT2D eigenvalue weighted by Crippen LogP contribution is 2.27. The van der Waals surface area contributed by atoms with Crippen molar-refractivity contribution < 1.29 is 31.8 Å². The minimum atomic E-state index is -4.21. The summed E-state index contributed by atoms with van der Waals surface area (Å²) in [6.45, 7) is 0.734. The van der Waals surface area contributed by atoms with E-state index in [4.69, 9.17) is 9.47 Å². The normalized spacial score (nSPS) is 14.5. The Bertz CT molecular complexity index is 887. The third-order valence-electron chi connectivity index (χ3n) is 4.52. The van der Waals surface area contributed by atoms with Gasteiger partial charge in [-0.25, -0.2) is 4.39 Å². The van der Waals surface area contributed by atoms with Gasteiger partial charge in [-0.3, -0.25) is 9.69 Å². The highest BCUT2D eigenvalue weighted by atomic mass is 19.4. The van der Waals surface area contributed by atoms with Gasteiger partial charge in [-0.15, -0.1) is 0 Å². The van der Waals surface area contributed by atoms with Crippen LogP contribution in [0.5, 0.6) is 11.5 Å². The number of nitrogens with zero attached hydrogens (tertiary/aromatic N) is 1. The molecule has 3 rings (SSSR count). The fraction of sp³-hybridized carbons (Fsp3) is 0.350. The number of amides is 1. The van der Waals surface area contributed by atoms with E-state index in [1.165, 1.54) is 31.4 Å². The summed E-state index contributed by atoms with van der Waals surface area (Å²) >= 11 is 0. The largest absolute Gasteiger partial charge is 0.497 e. The first-order chi connectivity index (χ1) is 13.7. The maximum Gasteiger partial charge on any atom is 0.390 e. The molecule has 0 saturated carbocycles. The quantitative estimate of drug-likeness (QED) is 0.747. The Labute approximate surface area is 165 Å². The van der Waals surface area contributed by atoms with Crippen LogP contribution in [0, 0.1) is 5.82 Å². The van der Waals surface area contributed by atoms with Gasteiger partial charge in [0.05, 0.1) is 19.2 Å². The molecule has 2 aromatic carbocycles. The first-order valence-corrected chi connectivity index (χ1v) is 8.95. The molecule has 0 spiro atoms. The molecule has 9 heteroatoms. The second kappa shape index (κ2) is 8.69. The predicted molar refractivity (Wildman–Crippen MR) is 98.8 cm³/mol. The Balaban J connectivity index is 1.70. The van der Waals surface area contributed by atoms with E-state index in [-0.39, 0.29) is 24.4 Å². The number of anilines is 1. The van der Waals surface area contributed by atoms with E-state index in [9.17, 15) is 22.4 Å². The first kappa shape index (κ1) is 20.9. The molecule has 1 amide bonds. The van der Waals surface area contributed by atoms with Crippen molar-refractivity contribution in [2.24, 2.45) is 0 Å². The number of nitrogens with one attached hydrogen (secondary N) is 1. The van der Waals surface area contributed by atoms with Crippen molar-refractivity contribution in [1.82, 2.24) is 4.90 Å². The van der Waals surface area contributed by atoms with Crippen LogP contribution in [0.15, 0.2) is 36.4 Å². The second-order valence-electron chi connectivity index (χ2n) is 6.61. The highest BCUT2D eigenvalue weighted by Gasteiger charge is 2.28. The van der Waals surface area contributed by atoms with Crippen molar-refractivity contribution in [2.45, 2.75) is 19.1 Å². The van der Waals surface area contributed by atoms with Gasteiger partial charge in [0.15, 0.2) is 0 Å². The Morgan fingerprint density at radius 3 is 2.72 bits per heavy atom. The van der Waals surface area contributed by atoms with Crippen molar-refractivity contribution in [3.8, 4) is 11.5 Å². The van der Waals surface area contributed by atoms with Crippen LogP contribution in [-0.2, 0) is 6.54 Å². The number of carbonyl (C=O) groups excluding carboxylic acids is 1. The lowest BCUT2D eigenvalue weighted by molar-refractivity contribution is -0.138. The molecular formula is C20H20F4N2O3. The molecule has 1 heterocycles. The zero-order valence-corrected chi connectivity index (χ0v) is 15.7. The molecule has 0 atom stereocenters. The number of alkyl halides is 3. The molecule has 0 saturated heterocycles. The molecular weight excluding hydrogens is 392 g/mol. The molecule has 2 aromatic rings. The van der Waals surface area contributed by atoms with Crippen LogP contribution < -0.4 is 14.8 Å². The van der Waals surface area contributed by atoms with Gasteiger partial charge in [-0.2, -0.15) is 13.2 Å². The van der Waals surface area contributed by atoms with Crippen LogP contribution in [0.4, 0.5) is 23.2 Å². The topological polar surface area (TPSA) is 50.8 Å². The Morgan fingerprint density at radius 1 is 1.24 bits per heavy atom. The summed E-state index contributed by atoms with van der Waals surface area (Å²) in [5.41, 5.74) is 0.949. The smallest absolute Gasteiger partial charge is 0.390 e. The van der Waals surface area contributed by atoms with Crippen LogP contribution in [-0.4, -0.2) is 43.8 Å². The molecule has 1 aliphatic rings. The van der Waals surface area contributed by atoms with E-state index in [0.717, 1.165) is 6.07 Å². The highest BCUT2D eigenvalue weighted by molar-refractivity contribution is 6.04. The van der Waals surface area contributed by atoms with Crippen molar-refractivity contribution in [1.29, 1.82) is 0 Å². The molecule has 0 aliphatic carbocycles. The molecule has 1 N–H and O–H groups in total. The fourth-order valence-corrected chi connectivity index (χ4v) is 2.96. The third-order valence-corrected chi connectivity index (χ3v) is 4.52. The van der Waals surface area contributed by atoms with Gasteiger partial charge in [-0.05, 0) is 24.3 Å². The average molecular weight is 412 g/mol. The van der Waals surface area contributed by atoms with Crippen LogP contribution in [0.1, 0.15) is 22.3 Å². The molecule has 29 heavy (non-hydrogen) atoms. The number of rotatable bonds is 5. The van der Waals surface area contributed by atoms with E-state index in [2.05, 4.69) is 5.32 Å². The number of ether oxygens (including phenoxy) is 2. The molecule has 1 aliphatic heterocycles. The van der Waals surface area contributed by atoms with Gasteiger partial charge >= 0.3 is 6.18 Å². The molecule has 0 aromatic heterocycles. The second-order valence-corrected chi connectivity index (χ2v) is 6.61. The summed E-state index contributed by atoms with van der Waals surface area (Å²) in [5, 5.41) is 2.49. The lowest BCUT2D eigenvalue weighted by atomic mass is 10.1. The minimum Gasteiger partial charge on any atom is -0.497 e. The van der Waals surface area contributed by atoms with Gasteiger partial charge in [0, 0.05) is 36.8 Å². The number of halogens is 4. The van der Waals surface area contributed by atoms with Gasteiger partial charge in [-0.1, -0.05) is 6.07 Å². The van der Waals surface area contributed by atoms with Gasteiger partial charge in [0.25, 0.3) is 5.91 Å². The minimum absolute atomic E-state index is 0.00462. The Morgan fingerprint density at radius 2 is 2.03 bits per heavy atom. The maximum atomic E-state index is 14.0. The lowest BCUT2D eigenvalue weighted by Gasteiger charge is -2.20. The number of hydrogen-bond donors (Lipinski definition) is 1. The summed E-state index contributed by atoms with van der Waals surface area (Å²) < 4.78 is 62.0. The number of methoxy groups -OCH3 is 1. The molecule has 156 valence electrons. The Hall–Kier alpha value is -2.81. The number of carbonyl (C=O) groups is 1. The zero-order valence-electron chi connectivity index (χ0n) is 15.7. The summed E-state index contributed by atoms with van der Waals surface area (Å²) in [6, 6.07) is 8.76. The van der Waals surface area contributed by atoms with Crippen LogP contribution in [0.2, 0.25) is 0 Å². The molecule has 0 radical (unpaired) electrons. The zero-order chi connectivity index (χ0) is 21.0. The van der Waals surface area contributed by atoms with Crippen LogP contribution in [0.25, 0.3) is 0 Å². The van der Waals surface area contributed by atoms with Gasteiger partial charge in [0.1, 0.15) is 23.9 Å². The maximum absolute atomic E-state index is 14.0. The standard InChI is InChI=1S/C20H20F4N2O3/c1-28-15-4-5-17(16(21)11-15)25-19(27)13-2-3-14-12-26(7-6-20(22,23)24)8-9-29-18(14)10-13/h2-5,10-11H,6-9,12H2,1H3,(H,25,27). The number of benzene rings is 2. The van der Waals surface area contributed by atoms with E-state index in [1.54, 1.807) is 11.0 Å². The van der Waals surface area contributed by atoms with E-state index >= 15 is 0 Å². The molecule has 5 nitrogen and oxygen atoms in total. The van der Waals surface area contributed by atoms with Gasteiger partial charge in [0.2, 0.25) is 0 Å². The number of fused-ring (bicyclic) bond motifs is 1. The lowest BCUT2D eigenvalue weighted by Crippen LogP contribution is -2.29. The van der Waals surface area contributed by atoms with Crippen molar-refractivity contribution >= 4 is 11.6 Å². The fourth-order valence-electron chi connectivity index (χ4n) is 2.96. The summed E-state index contributed by atoms with van der Waals surface area (Å²) in [7, 11) is 1.41. The summed E-state index contributed by atoms with van der Waals surface area (Å²) in [6.07, 6.45) is -5.11. The number of hydrogen-bond acceptors (Lipinski definition) is 4. The van der Waals surface area contributed by atoms with Crippen molar-refractivity contribution in [3.63, 3.8) is 0 Å². The van der Waals surface area contributed by atoms with Crippen LogP contribution >= 0.6 is 0 Å². The summed E-state index contributed by atoms with van der Waals surface area (Å²) in [4.78, 5) is 14.1. The van der Waals surface area contributed by atoms with Crippen molar-refractivity contribution in [3.05, 3.63) is 53.3 Å². The van der Waals surface area contributed by atoms with Crippen molar-refractivity contribution in [2.75, 3.05) is 32.1 Å². The third kappa shape index (κ3) is 5.60. The van der Waals surface area contributed by atoms with Crippen LogP contribution in [0.3, 0.4) is 0 Å². The molecule has 0 fully saturated rings. The Kier molecular flexibility index (Phi) is 6.26. The van der Waals surface area contributed by atoms with E-state index in [1.807, 2.05) is 0 Å². The average Bonchev–Trinajstić information content (AvgIpc) is 2.88. The van der Waals surface area contributed by atoms with E-state index in [0.29, 0.717) is 30.2 Å². The van der Waals surface area contributed by atoms with Gasteiger partial charge < -0.3 is 14.8 Å². The molecule has 0 unspecified atom stereocenters. The first-order valence-electron chi connectivity index (χ1n) is 8.95. The predicted octanol–water partition coefficient (Wildman–Crippen LogP) is 4.23. The summed E-state index contributed by atoms with van der Waals surface area (Å²) in [5.74, 6) is -0.404. The SMILES string of the molecule is COc1ccc(NC(=O)c2ccc3c(c2)OCCN(CCC(F)(F)F)C3)c(F)c1. The van der Waals surface area contributed by atoms with E-state index < -0.39 is 24.3 Å². The molecule has 0 bridgehead atoms. The monoisotopic (exact) mass is 412 g/mol.